The Morgan fingerprint density at radius 1 is 1.62 bits per heavy atom. The number of carboxylic acid groups (broad SMARTS) is 1. The van der Waals surface area contributed by atoms with Crippen molar-refractivity contribution in [3.05, 3.63) is 29.6 Å². The maximum atomic E-state index is 12.9. The van der Waals surface area contributed by atoms with Gasteiger partial charge in [0.25, 0.3) is 0 Å². The number of carboxylic acids is 1. The van der Waals surface area contributed by atoms with Gasteiger partial charge in [0, 0.05) is 0 Å². The Labute approximate surface area is 92.8 Å². The van der Waals surface area contributed by atoms with Crippen LogP contribution >= 0.6 is 0 Å². The Morgan fingerprint density at radius 3 is 2.75 bits per heavy atom. The van der Waals surface area contributed by atoms with E-state index in [-0.39, 0.29) is 12.4 Å². The van der Waals surface area contributed by atoms with E-state index in [1.807, 2.05) is 0 Å². The number of ether oxygens (including phenoxy) is 1. The Kier molecular flexibility index (Phi) is 3.49. The van der Waals surface area contributed by atoms with Crippen LogP contribution in [0.3, 0.4) is 0 Å². The van der Waals surface area contributed by atoms with Crippen molar-refractivity contribution in [2.75, 3.05) is 6.61 Å². The first kappa shape index (κ1) is 12.4. The SMILES string of the molecule is Cc1cc(OCC(C)(N)C(=O)O)ccc1F. The van der Waals surface area contributed by atoms with Crippen LogP contribution in [0.25, 0.3) is 0 Å². The van der Waals surface area contributed by atoms with Crippen molar-refractivity contribution < 1.29 is 19.0 Å². The lowest BCUT2D eigenvalue weighted by molar-refractivity contribution is -0.143. The maximum absolute atomic E-state index is 12.9. The zero-order valence-corrected chi connectivity index (χ0v) is 9.16. The van der Waals surface area contributed by atoms with Crippen LogP contribution in [-0.2, 0) is 4.79 Å². The number of halogens is 1. The molecule has 0 spiro atoms. The Morgan fingerprint density at radius 2 is 2.25 bits per heavy atom. The Balaban J connectivity index is 2.68. The molecule has 16 heavy (non-hydrogen) atoms. The fraction of sp³-hybridized carbons (Fsp3) is 0.364. The molecular weight excluding hydrogens is 213 g/mol. The number of nitrogens with two attached hydrogens (primary N) is 1. The molecule has 1 unspecified atom stereocenters. The summed E-state index contributed by atoms with van der Waals surface area (Å²) in [4.78, 5) is 10.7. The summed E-state index contributed by atoms with van der Waals surface area (Å²) in [5.41, 5.74) is 4.46. The molecule has 88 valence electrons. The van der Waals surface area contributed by atoms with Gasteiger partial charge in [0.1, 0.15) is 23.7 Å². The highest BCUT2D eigenvalue weighted by Crippen LogP contribution is 2.17. The van der Waals surface area contributed by atoms with Crippen molar-refractivity contribution in [1.29, 1.82) is 0 Å². The first-order chi connectivity index (χ1) is 7.33. The molecule has 3 N–H and O–H groups in total. The molecule has 0 bridgehead atoms. The molecule has 1 rings (SSSR count). The number of hydrogen-bond acceptors (Lipinski definition) is 3. The first-order valence-corrected chi connectivity index (χ1v) is 4.74. The third-order valence-corrected chi connectivity index (χ3v) is 2.16. The van der Waals surface area contributed by atoms with Crippen LogP contribution in [0.15, 0.2) is 18.2 Å². The fourth-order valence-corrected chi connectivity index (χ4v) is 1.00. The van der Waals surface area contributed by atoms with E-state index < -0.39 is 11.5 Å². The second kappa shape index (κ2) is 4.49. The molecule has 0 aromatic heterocycles. The van der Waals surface area contributed by atoms with E-state index in [0.717, 1.165) is 0 Å². The van der Waals surface area contributed by atoms with Gasteiger partial charge in [-0.2, -0.15) is 0 Å². The van der Waals surface area contributed by atoms with Crippen molar-refractivity contribution in [2.45, 2.75) is 19.4 Å². The second-order valence-corrected chi connectivity index (χ2v) is 3.92. The summed E-state index contributed by atoms with van der Waals surface area (Å²) in [6.45, 7) is 2.78. The number of rotatable bonds is 4. The second-order valence-electron chi connectivity index (χ2n) is 3.92. The number of benzene rings is 1. The van der Waals surface area contributed by atoms with Gasteiger partial charge in [-0.15, -0.1) is 0 Å². The molecule has 1 aromatic carbocycles. The summed E-state index contributed by atoms with van der Waals surface area (Å²) in [5, 5.41) is 8.75. The van der Waals surface area contributed by atoms with E-state index in [4.69, 9.17) is 15.6 Å². The molecule has 5 heteroatoms. The average molecular weight is 227 g/mol. The zero-order chi connectivity index (χ0) is 12.3. The third-order valence-electron chi connectivity index (χ3n) is 2.16. The molecular formula is C11H14FNO3. The monoisotopic (exact) mass is 227 g/mol. The highest BCUT2D eigenvalue weighted by Gasteiger charge is 2.28. The van der Waals surface area contributed by atoms with E-state index in [1.165, 1.54) is 25.1 Å². The van der Waals surface area contributed by atoms with Crippen molar-refractivity contribution in [3.8, 4) is 5.75 Å². The standard InChI is InChI=1S/C11H14FNO3/c1-7-5-8(3-4-9(7)12)16-6-11(2,13)10(14)15/h3-5H,6,13H2,1-2H3,(H,14,15). The molecule has 0 fully saturated rings. The van der Waals surface area contributed by atoms with Gasteiger partial charge in [0.2, 0.25) is 0 Å². The minimum atomic E-state index is -1.46. The molecule has 0 saturated carbocycles. The first-order valence-electron chi connectivity index (χ1n) is 4.74. The average Bonchev–Trinajstić information content (AvgIpc) is 2.20. The van der Waals surface area contributed by atoms with E-state index in [9.17, 15) is 9.18 Å². The third kappa shape index (κ3) is 2.93. The van der Waals surface area contributed by atoms with Gasteiger partial charge in [-0.3, -0.25) is 4.79 Å². The van der Waals surface area contributed by atoms with Crippen LogP contribution in [-0.4, -0.2) is 23.2 Å². The van der Waals surface area contributed by atoms with Gasteiger partial charge in [0.05, 0.1) is 0 Å². The van der Waals surface area contributed by atoms with Gasteiger partial charge in [0.15, 0.2) is 0 Å². The number of hydrogen-bond donors (Lipinski definition) is 2. The van der Waals surface area contributed by atoms with Crippen LogP contribution in [0.1, 0.15) is 12.5 Å². The van der Waals surface area contributed by atoms with Crippen molar-refractivity contribution in [2.24, 2.45) is 5.73 Å². The lowest BCUT2D eigenvalue weighted by Crippen LogP contribution is -2.49. The molecule has 1 aromatic rings. The van der Waals surface area contributed by atoms with Crippen LogP contribution in [0.5, 0.6) is 5.75 Å². The lowest BCUT2D eigenvalue weighted by atomic mass is 10.1. The summed E-state index contributed by atoms with van der Waals surface area (Å²) >= 11 is 0. The molecule has 1 atom stereocenters. The van der Waals surface area contributed by atoms with E-state index in [1.54, 1.807) is 6.92 Å². The predicted octanol–water partition coefficient (Wildman–Crippen LogP) is 1.31. The van der Waals surface area contributed by atoms with Gasteiger partial charge >= 0.3 is 5.97 Å². The van der Waals surface area contributed by atoms with Gasteiger partial charge < -0.3 is 15.6 Å². The molecule has 0 aliphatic rings. The number of aryl methyl sites for hydroxylation is 1. The zero-order valence-electron chi connectivity index (χ0n) is 9.16. The highest BCUT2D eigenvalue weighted by atomic mass is 19.1. The molecule has 0 aliphatic carbocycles. The molecule has 4 nitrogen and oxygen atoms in total. The summed E-state index contributed by atoms with van der Waals surface area (Å²) in [6.07, 6.45) is 0. The summed E-state index contributed by atoms with van der Waals surface area (Å²) < 4.78 is 18.1. The largest absolute Gasteiger partial charge is 0.491 e. The Hall–Kier alpha value is -1.62. The van der Waals surface area contributed by atoms with Crippen molar-refractivity contribution in [3.63, 3.8) is 0 Å². The molecule has 0 heterocycles. The minimum Gasteiger partial charge on any atom is -0.491 e. The van der Waals surface area contributed by atoms with Crippen LogP contribution in [0, 0.1) is 12.7 Å². The molecule has 0 aliphatic heterocycles. The normalized spacial score (nSPS) is 14.2. The van der Waals surface area contributed by atoms with Crippen molar-refractivity contribution in [1.82, 2.24) is 0 Å². The van der Waals surface area contributed by atoms with Crippen LogP contribution < -0.4 is 10.5 Å². The van der Waals surface area contributed by atoms with Crippen molar-refractivity contribution >= 4 is 5.97 Å². The van der Waals surface area contributed by atoms with E-state index >= 15 is 0 Å². The van der Waals surface area contributed by atoms with Gasteiger partial charge in [-0.25, -0.2) is 4.39 Å². The molecule has 0 radical (unpaired) electrons. The smallest absolute Gasteiger partial charge is 0.326 e. The van der Waals surface area contributed by atoms with Crippen LogP contribution in [0.4, 0.5) is 4.39 Å². The summed E-state index contributed by atoms with van der Waals surface area (Å²) in [5.74, 6) is -1.08. The minimum absolute atomic E-state index is 0.173. The summed E-state index contributed by atoms with van der Waals surface area (Å²) in [7, 11) is 0. The maximum Gasteiger partial charge on any atom is 0.326 e. The molecule has 0 saturated heterocycles. The van der Waals surface area contributed by atoms with E-state index in [2.05, 4.69) is 0 Å². The predicted molar refractivity (Wildman–Crippen MR) is 56.9 cm³/mol. The fourth-order valence-electron chi connectivity index (χ4n) is 1.00. The number of carbonyl (C=O) groups is 1. The molecule has 0 amide bonds. The lowest BCUT2D eigenvalue weighted by Gasteiger charge is -2.19. The quantitative estimate of drug-likeness (QED) is 0.813. The topological polar surface area (TPSA) is 72.5 Å². The summed E-state index contributed by atoms with van der Waals surface area (Å²) in [6, 6.07) is 4.19. The van der Waals surface area contributed by atoms with Gasteiger partial charge in [-0.05, 0) is 37.6 Å². The Bertz CT molecular complexity index is 404. The van der Waals surface area contributed by atoms with E-state index in [0.29, 0.717) is 11.3 Å². The van der Waals surface area contributed by atoms with Gasteiger partial charge in [-0.1, -0.05) is 0 Å². The number of aliphatic carboxylic acids is 1. The van der Waals surface area contributed by atoms with Crippen LogP contribution in [0.2, 0.25) is 0 Å². The highest BCUT2D eigenvalue weighted by molar-refractivity contribution is 5.78.